The van der Waals surface area contributed by atoms with Crippen molar-refractivity contribution >= 4 is 17.6 Å². The Hall–Kier alpha value is -1.88. The maximum absolute atomic E-state index is 11.6. The largest absolute Gasteiger partial charge is 0.478 e. The summed E-state index contributed by atoms with van der Waals surface area (Å²) in [5.74, 6) is -0.947. The standard InChI is InChI=1S/C13H17NO4/c1-9(8-18-2)7-12(15)14-11-5-3-10(4-6-11)13(16)17/h3-6,9H,7-8H2,1-2H3,(H,14,15)(H,16,17). The van der Waals surface area contributed by atoms with Gasteiger partial charge in [-0.05, 0) is 30.2 Å². The smallest absolute Gasteiger partial charge is 0.335 e. The topological polar surface area (TPSA) is 75.6 Å². The van der Waals surface area contributed by atoms with Crippen LogP contribution in [0.25, 0.3) is 0 Å². The molecule has 0 bridgehead atoms. The summed E-state index contributed by atoms with van der Waals surface area (Å²) in [6, 6.07) is 6.05. The molecule has 5 nitrogen and oxygen atoms in total. The Kier molecular flexibility index (Phi) is 5.32. The number of hydrogen-bond acceptors (Lipinski definition) is 3. The lowest BCUT2D eigenvalue weighted by molar-refractivity contribution is -0.117. The average Bonchev–Trinajstić information content (AvgIpc) is 2.29. The molecule has 0 fully saturated rings. The Bertz CT molecular complexity index is 414. The first kappa shape index (κ1) is 14.2. The van der Waals surface area contributed by atoms with Crippen LogP contribution in [0.2, 0.25) is 0 Å². The fourth-order valence-corrected chi connectivity index (χ4v) is 1.57. The summed E-state index contributed by atoms with van der Waals surface area (Å²) in [4.78, 5) is 22.3. The molecular formula is C13H17NO4. The van der Waals surface area contributed by atoms with Crippen LogP contribution in [0.4, 0.5) is 5.69 Å². The second kappa shape index (κ2) is 6.76. The van der Waals surface area contributed by atoms with E-state index in [1.165, 1.54) is 12.1 Å². The number of carbonyl (C=O) groups excluding carboxylic acids is 1. The Morgan fingerprint density at radius 3 is 2.44 bits per heavy atom. The molecule has 5 heteroatoms. The number of methoxy groups -OCH3 is 1. The molecule has 0 aliphatic rings. The summed E-state index contributed by atoms with van der Waals surface area (Å²) in [6.45, 7) is 2.46. The van der Waals surface area contributed by atoms with Gasteiger partial charge in [0.1, 0.15) is 0 Å². The van der Waals surface area contributed by atoms with E-state index in [-0.39, 0.29) is 17.4 Å². The van der Waals surface area contributed by atoms with Crippen molar-refractivity contribution in [1.82, 2.24) is 0 Å². The number of rotatable bonds is 6. The van der Waals surface area contributed by atoms with E-state index in [1.807, 2.05) is 6.92 Å². The van der Waals surface area contributed by atoms with E-state index in [0.29, 0.717) is 18.7 Å². The van der Waals surface area contributed by atoms with E-state index in [9.17, 15) is 9.59 Å². The number of amides is 1. The molecule has 1 unspecified atom stereocenters. The van der Waals surface area contributed by atoms with E-state index in [4.69, 9.17) is 9.84 Å². The third kappa shape index (κ3) is 4.55. The summed E-state index contributed by atoms with van der Waals surface area (Å²) in [5, 5.41) is 11.4. The monoisotopic (exact) mass is 251 g/mol. The van der Waals surface area contributed by atoms with Crippen LogP contribution >= 0.6 is 0 Å². The molecule has 1 aromatic rings. The lowest BCUT2D eigenvalue weighted by atomic mass is 10.1. The predicted molar refractivity (Wildman–Crippen MR) is 67.7 cm³/mol. The molecule has 0 radical (unpaired) electrons. The van der Waals surface area contributed by atoms with Crippen LogP contribution in [0.15, 0.2) is 24.3 Å². The van der Waals surface area contributed by atoms with Crippen molar-refractivity contribution < 1.29 is 19.4 Å². The minimum atomic E-state index is -0.985. The molecule has 0 aliphatic heterocycles. The van der Waals surface area contributed by atoms with Gasteiger partial charge in [0.15, 0.2) is 0 Å². The molecule has 0 saturated carbocycles. The molecule has 18 heavy (non-hydrogen) atoms. The van der Waals surface area contributed by atoms with Gasteiger partial charge < -0.3 is 15.2 Å². The number of nitrogens with one attached hydrogen (secondary N) is 1. The van der Waals surface area contributed by atoms with Crippen molar-refractivity contribution in [2.24, 2.45) is 5.92 Å². The normalized spacial score (nSPS) is 11.9. The zero-order valence-corrected chi connectivity index (χ0v) is 10.5. The second-order valence-corrected chi connectivity index (χ2v) is 4.20. The van der Waals surface area contributed by atoms with E-state index in [0.717, 1.165) is 0 Å². The molecule has 2 N–H and O–H groups in total. The highest BCUT2D eigenvalue weighted by Crippen LogP contribution is 2.11. The van der Waals surface area contributed by atoms with Gasteiger partial charge in [-0.2, -0.15) is 0 Å². The van der Waals surface area contributed by atoms with Crippen LogP contribution in [0, 0.1) is 5.92 Å². The highest BCUT2D eigenvalue weighted by atomic mass is 16.5. The van der Waals surface area contributed by atoms with Crippen molar-refractivity contribution in [3.8, 4) is 0 Å². The predicted octanol–water partition coefficient (Wildman–Crippen LogP) is 2.00. The molecule has 1 aromatic carbocycles. The van der Waals surface area contributed by atoms with Crippen LogP contribution in [-0.4, -0.2) is 30.7 Å². The minimum Gasteiger partial charge on any atom is -0.478 e. The molecule has 0 spiro atoms. The van der Waals surface area contributed by atoms with Crippen molar-refractivity contribution in [3.63, 3.8) is 0 Å². The molecule has 0 heterocycles. The maximum atomic E-state index is 11.6. The third-order valence-corrected chi connectivity index (χ3v) is 2.40. The molecule has 0 saturated heterocycles. The fraction of sp³-hybridized carbons (Fsp3) is 0.385. The Balaban J connectivity index is 2.51. The van der Waals surface area contributed by atoms with Gasteiger partial charge in [-0.3, -0.25) is 4.79 Å². The molecule has 1 atom stereocenters. The van der Waals surface area contributed by atoms with Crippen LogP contribution in [0.3, 0.4) is 0 Å². The first-order valence-electron chi connectivity index (χ1n) is 5.65. The van der Waals surface area contributed by atoms with Gasteiger partial charge in [0.25, 0.3) is 0 Å². The van der Waals surface area contributed by atoms with Gasteiger partial charge in [-0.1, -0.05) is 6.92 Å². The van der Waals surface area contributed by atoms with E-state index < -0.39 is 5.97 Å². The van der Waals surface area contributed by atoms with Gasteiger partial charge >= 0.3 is 5.97 Å². The second-order valence-electron chi connectivity index (χ2n) is 4.20. The summed E-state index contributed by atoms with van der Waals surface area (Å²) in [5.41, 5.74) is 0.787. The van der Waals surface area contributed by atoms with Crippen molar-refractivity contribution in [1.29, 1.82) is 0 Å². The number of hydrogen-bond donors (Lipinski definition) is 2. The average molecular weight is 251 g/mol. The lowest BCUT2D eigenvalue weighted by Crippen LogP contribution is -2.17. The highest BCUT2D eigenvalue weighted by molar-refractivity contribution is 5.92. The van der Waals surface area contributed by atoms with Crippen molar-refractivity contribution in [3.05, 3.63) is 29.8 Å². The third-order valence-electron chi connectivity index (χ3n) is 2.40. The highest BCUT2D eigenvalue weighted by Gasteiger charge is 2.09. The molecule has 98 valence electrons. The summed E-state index contributed by atoms with van der Waals surface area (Å²) in [7, 11) is 1.60. The fourth-order valence-electron chi connectivity index (χ4n) is 1.57. The van der Waals surface area contributed by atoms with E-state index >= 15 is 0 Å². The summed E-state index contributed by atoms with van der Waals surface area (Å²) in [6.07, 6.45) is 0.370. The van der Waals surface area contributed by atoms with E-state index in [1.54, 1.807) is 19.2 Å². The minimum absolute atomic E-state index is 0.109. The van der Waals surface area contributed by atoms with Crippen molar-refractivity contribution in [2.45, 2.75) is 13.3 Å². The molecule has 1 rings (SSSR count). The molecule has 0 aliphatic carbocycles. The number of benzene rings is 1. The Morgan fingerprint density at radius 1 is 1.33 bits per heavy atom. The number of ether oxygens (including phenoxy) is 1. The number of carboxylic acids is 1. The molecule has 0 aromatic heterocycles. The van der Waals surface area contributed by atoms with Crippen LogP contribution in [0.1, 0.15) is 23.7 Å². The maximum Gasteiger partial charge on any atom is 0.335 e. The Labute approximate surface area is 106 Å². The summed E-state index contributed by atoms with van der Waals surface area (Å²) >= 11 is 0. The number of aromatic carboxylic acids is 1. The summed E-state index contributed by atoms with van der Waals surface area (Å²) < 4.78 is 4.95. The van der Waals surface area contributed by atoms with Crippen LogP contribution < -0.4 is 5.32 Å². The Morgan fingerprint density at radius 2 is 1.94 bits per heavy atom. The molecular weight excluding hydrogens is 234 g/mol. The van der Waals surface area contributed by atoms with Gasteiger partial charge in [0.05, 0.1) is 5.56 Å². The van der Waals surface area contributed by atoms with Gasteiger partial charge in [-0.15, -0.1) is 0 Å². The lowest BCUT2D eigenvalue weighted by Gasteiger charge is -2.10. The first-order chi connectivity index (χ1) is 8.52. The molecule has 1 amide bonds. The number of carboxylic acid groups (broad SMARTS) is 1. The van der Waals surface area contributed by atoms with Gasteiger partial charge in [0, 0.05) is 25.8 Å². The quantitative estimate of drug-likeness (QED) is 0.810. The zero-order valence-electron chi connectivity index (χ0n) is 10.5. The number of carbonyl (C=O) groups is 2. The van der Waals surface area contributed by atoms with Crippen LogP contribution in [0.5, 0.6) is 0 Å². The number of anilines is 1. The first-order valence-corrected chi connectivity index (χ1v) is 5.65. The zero-order chi connectivity index (χ0) is 13.5. The van der Waals surface area contributed by atoms with Gasteiger partial charge in [0.2, 0.25) is 5.91 Å². The van der Waals surface area contributed by atoms with E-state index in [2.05, 4.69) is 5.32 Å². The van der Waals surface area contributed by atoms with Crippen LogP contribution in [-0.2, 0) is 9.53 Å². The SMILES string of the molecule is COCC(C)CC(=O)Nc1ccc(C(=O)O)cc1. The van der Waals surface area contributed by atoms with Crippen molar-refractivity contribution in [2.75, 3.05) is 19.0 Å². The van der Waals surface area contributed by atoms with Gasteiger partial charge in [-0.25, -0.2) is 4.79 Å².